The van der Waals surface area contributed by atoms with Crippen LogP contribution in [0.25, 0.3) is 0 Å². The highest BCUT2D eigenvalue weighted by Gasteiger charge is 2.05. The molecular weight excluding hydrogens is 174 g/mol. The third-order valence-corrected chi connectivity index (χ3v) is 3.27. The van der Waals surface area contributed by atoms with Crippen molar-refractivity contribution in [1.82, 2.24) is 5.32 Å². The molecule has 0 aliphatic rings. The fourth-order valence-corrected chi connectivity index (χ4v) is 1.87. The molecule has 0 saturated carbocycles. The lowest BCUT2D eigenvalue weighted by Gasteiger charge is -2.10. The lowest BCUT2D eigenvalue weighted by atomic mass is 10.2. The van der Waals surface area contributed by atoms with Crippen molar-refractivity contribution in [3.8, 4) is 0 Å². The van der Waals surface area contributed by atoms with Gasteiger partial charge in [0.15, 0.2) is 0 Å². The van der Waals surface area contributed by atoms with Gasteiger partial charge in [-0.25, -0.2) is 0 Å². The monoisotopic (exact) mass is 199 g/mol. The van der Waals surface area contributed by atoms with Crippen molar-refractivity contribution >= 4 is 8.07 Å². The highest BCUT2D eigenvalue weighted by Crippen LogP contribution is 2.02. The summed E-state index contributed by atoms with van der Waals surface area (Å²) >= 11 is 0. The van der Waals surface area contributed by atoms with E-state index in [1.807, 2.05) is 0 Å². The maximum absolute atomic E-state index is 3.48. The smallest absolute Gasteiger partial charge is 0.0682 e. The number of rotatable bonds is 6. The average molecular weight is 199 g/mol. The summed E-state index contributed by atoms with van der Waals surface area (Å²) in [5.74, 6) is 0. The van der Waals surface area contributed by atoms with Crippen LogP contribution in [0.2, 0.25) is 19.6 Å². The molecule has 0 rings (SSSR count). The van der Waals surface area contributed by atoms with Gasteiger partial charge in [-0.15, -0.1) is 0 Å². The van der Waals surface area contributed by atoms with E-state index in [9.17, 15) is 0 Å². The molecule has 78 valence electrons. The molecule has 0 amide bonds. The maximum atomic E-state index is 3.48. The minimum Gasteiger partial charge on any atom is -0.314 e. The lowest BCUT2D eigenvalue weighted by molar-refractivity contribution is 0.540. The summed E-state index contributed by atoms with van der Waals surface area (Å²) in [7, 11) is -0.951. The molecular formula is C11H25NSi. The minimum atomic E-state index is -0.951. The van der Waals surface area contributed by atoms with Crippen LogP contribution in [0.1, 0.15) is 26.7 Å². The van der Waals surface area contributed by atoms with Gasteiger partial charge >= 0.3 is 0 Å². The van der Waals surface area contributed by atoms with Gasteiger partial charge in [0.05, 0.1) is 8.07 Å². The van der Waals surface area contributed by atoms with Gasteiger partial charge in [-0.2, -0.15) is 0 Å². The van der Waals surface area contributed by atoms with Gasteiger partial charge in [0, 0.05) is 6.04 Å². The predicted molar refractivity (Wildman–Crippen MR) is 64.9 cm³/mol. The van der Waals surface area contributed by atoms with Crippen molar-refractivity contribution in [3.05, 3.63) is 11.8 Å². The SMILES string of the molecule is CCC(C)NCC/C=C\[Si](C)(C)C. The van der Waals surface area contributed by atoms with E-state index in [2.05, 4.69) is 50.6 Å². The van der Waals surface area contributed by atoms with Gasteiger partial charge in [0.2, 0.25) is 0 Å². The Morgan fingerprint density at radius 1 is 1.31 bits per heavy atom. The van der Waals surface area contributed by atoms with Crippen molar-refractivity contribution in [3.63, 3.8) is 0 Å². The van der Waals surface area contributed by atoms with Crippen LogP contribution in [0.4, 0.5) is 0 Å². The molecule has 0 aliphatic carbocycles. The van der Waals surface area contributed by atoms with Crippen molar-refractivity contribution in [2.45, 2.75) is 52.4 Å². The van der Waals surface area contributed by atoms with Crippen molar-refractivity contribution in [2.24, 2.45) is 0 Å². The van der Waals surface area contributed by atoms with Gasteiger partial charge in [-0.3, -0.25) is 0 Å². The zero-order valence-electron chi connectivity index (χ0n) is 9.85. The van der Waals surface area contributed by atoms with Crippen LogP contribution in [0.3, 0.4) is 0 Å². The topological polar surface area (TPSA) is 12.0 Å². The van der Waals surface area contributed by atoms with E-state index in [-0.39, 0.29) is 0 Å². The quantitative estimate of drug-likeness (QED) is 0.512. The standard InChI is InChI=1S/C11H25NSi/c1-6-11(2)12-9-7-8-10-13(3,4)5/h8,10-12H,6-7,9H2,1-5H3/b10-8-. The third-order valence-electron chi connectivity index (χ3n) is 2.03. The van der Waals surface area contributed by atoms with Crippen LogP contribution >= 0.6 is 0 Å². The molecule has 0 radical (unpaired) electrons. The summed E-state index contributed by atoms with van der Waals surface area (Å²) in [6.45, 7) is 12.7. The van der Waals surface area contributed by atoms with Crippen LogP contribution in [-0.2, 0) is 0 Å². The minimum absolute atomic E-state index is 0.667. The van der Waals surface area contributed by atoms with Gasteiger partial charge in [0.1, 0.15) is 0 Å². The van der Waals surface area contributed by atoms with Crippen molar-refractivity contribution in [1.29, 1.82) is 0 Å². The van der Waals surface area contributed by atoms with E-state index >= 15 is 0 Å². The van der Waals surface area contributed by atoms with Gasteiger partial charge in [-0.05, 0) is 26.3 Å². The van der Waals surface area contributed by atoms with Crippen LogP contribution in [-0.4, -0.2) is 20.7 Å². The lowest BCUT2D eigenvalue weighted by Crippen LogP contribution is -2.25. The Labute approximate surface area is 84.6 Å². The predicted octanol–water partition coefficient (Wildman–Crippen LogP) is 3.20. The molecule has 0 aromatic heterocycles. The Kier molecular flexibility index (Phi) is 6.34. The molecule has 0 aromatic rings. The van der Waals surface area contributed by atoms with Crippen LogP contribution in [0.5, 0.6) is 0 Å². The zero-order valence-corrected chi connectivity index (χ0v) is 10.9. The third kappa shape index (κ3) is 9.83. The Morgan fingerprint density at radius 2 is 1.92 bits per heavy atom. The molecule has 0 fully saturated rings. The second-order valence-corrected chi connectivity index (χ2v) is 9.89. The first kappa shape index (κ1) is 12.9. The first-order valence-electron chi connectivity index (χ1n) is 5.37. The molecule has 2 heteroatoms. The van der Waals surface area contributed by atoms with Crippen molar-refractivity contribution in [2.75, 3.05) is 6.54 Å². The fourth-order valence-electron chi connectivity index (χ4n) is 0.994. The summed E-state index contributed by atoms with van der Waals surface area (Å²) in [4.78, 5) is 0. The Morgan fingerprint density at radius 3 is 2.38 bits per heavy atom. The van der Waals surface area contributed by atoms with E-state index in [1.165, 1.54) is 12.8 Å². The van der Waals surface area contributed by atoms with E-state index in [0.29, 0.717) is 6.04 Å². The van der Waals surface area contributed by atoms with Crippen LogP contribution in [0, 0.1) is 0 Å². The molecule has 0 aromatic carbocycles. The summed E-state index contributed by atoms with van der Waals surface area (Å²) in [6, 6.07) is 0.667. The van der Waals surface area contributed by atoms with Gasteiger partial charge in [-0.1, -0.05) is 38.3 Å². The van der Waals surface area contributed by atoms with Gasteiger partial charge in [0.25, 0.3) is 0 Å². The van der Waals surface area contributed by atoms with E-state index in [1.54, 1.807) is 0 Å². The normalized spacial score (nSPS) is 15.2. The molecule has 0 spiro atoms. The highest BCUT2D eigenvalue weighted by molar-refractivity contribution is 6.80. The molecule has 0 heterocycles. The Balaban J connectivity index is 3.41. The number of hydrogen-bond donors (Lipinski definition) is 1. The Hall–Kier alpha value is -0.0831. The van der Waals surface area contributed by atoms with Crippen molar-refractivity contribution < 1.29 is 0 Å². The summed E-state index contributed by atoms with van der Waals surface area (Å²) in [5, 5.41) is 3.48. The summed E-state index contributed by atoms with van der Waals surface area (Å²) in [6.07, 6.45) is 4.73. The van der Waals surface area contributed by atoms with E-state index < -0.39 is 8.07 Å². The molecule has 0 saturated heterocycles. The zero-order chi connectivity index (χ0) is 10.3. The molecule has 1 N–H and O–H groups in total. The highest BCUT2D eigenvalue weighted by atomic mass is 28.3. The molecule has 13 heavy (non-hydrogen) atoms. The Bertz CT molecular complexity index is 147. The number of hydrogen-bond acceptors (Lipinski definition) is 1. The second kappa shape index (κ2) is 6.38. The summed E-state index contributed by atoms with van der Waals surface area (Å²) in [5.41, 5.74) is 2.42. The van der Waals surface area contributed by atoms with Crippen LogP contribution < -0.4 is 5.32 Å². The molecule has 1 atom stereocenters. The van der Waals surface area contributed by atoms with Crippen LogP contribution in [0.15, 0.2) is 11.8 Å². The second-order valence-electron chi connectivity index (χ2n) is 4.82. The fraction of sp³-hybridized carbons (Fsp3) is 0.818. The summed E-state index contributed by atoms with van der Waals surface area (Å²) < 4.78 is 0. The molecule has 1 unspecified atom stereocenters. The average Bonchev–Trinajstić information content (AvgIpc) is 2.01. The first-order valence-corrected chi connectivity index (χ1v) is 8.94. The first-order chi connectivity index (χ1) is 5.95. The van der Waals surface area contributed by atoms with Gasteiger partial charge < -0.3 is 5.32 Å². The van der Waals surface area contributed by atoms with E-state index in [0.717, 1.165) is 6.54 Å². The molecule has 0 aliphatic heterocycles. The van der Waals surface area contributed by atoms with E-state index in [4.69, 9.17) is 0 Å². The number of nitrogens with one attached hydrogen (secondary N) is 1. The molecule has 0 bridgehead atoms. The molecule has 1 nitrogen and oxygen atoms in total. The maximum Gasteiger partial charge on any atom is 0.0682 e. The largest absolute Gasteiger partial charge is 0.314 e.